The molecular weight excluding hydrogens is 278 g/mol. The molecule has 0 unspecified atom stereocenters. The van der Waals surface area contributed by atoms with E-state index in [1.54, 1.807) is 6.82 Å². The van der Waals surface area contributed by atoms with Gasteiger partial charge < -0.3 is 0 Å². The van der Waals surface area contributed by atoms with E-state index in [-0.39, 0.29) is 0 Å². The maximum atomic E-state index is 6.11. The molecule has 0 aromatic carbocycles. The normalized spacial score (nSPS) is 13.8. The van der Waals surface area contributed by atoms with E-state index in [9.17, 15) is 0 Å². The van der Waals surface area contributed by atoms with E-state index in [4.69, 9.17) is 57.3 Å². The van der Waals surface area contributed by atoms with Crippen molar-refractivity contribution in [2.24, 2.45) is 0 Å². The fourth-order valence-electron chi connectivity index (χ4n) is 0.926. The first kappa shape index (κ1) is 13.7. The van der Waals surface area contributed by atoms with E-state index >= 15 is 0 Å². The first-order valence-corrected chi connectivity index (χ1v) is 8.79. The smallest absolute Gasteiger partial charge is 0.295 e. The van der Waals surface area contributed by atoms with Gasteiger partial charge in [-0.25, -0.2) is 0 Å². The van der Waals surface area contributed by atoms with Crippen LogP contribution >= 0.6 is 57.3 Å². The average Bonchev–Trinajstić information content (AvgIpc) is 1.49. The molecule has 0 saturated heterocycles. The summed E-state index contributed by atoms with van der Waals surface area (Å²) < 4.78 is -0.0214. The van der Waals surface area contributed by atoms with Gasteiger partial charge >= 0.3 is 6.26 Å². The van der Waals surface area contributed by atoms with Gasteiger partial charge in [-0.3, -0.25) is 4.48 Å². The predicted octanol–water partition coefficient (Wildman–Crippen LogP) is 3.91. The molecule has 72 valence electrons. The second-order valence-electron chi connectivity index (χ2n) is 2.82. The van der Waals surface area contributed by atoms with Crippen LogP contribution in [0.25, 0.3) is 0 Å². The minimum Gasteiger partial charge on any atom is -0.295 e. The Hall–Kier alpha value is 1.69. The topological polar surface area (TPSA) is 3.24 Å². The van der Waals surface area contributed by atoms with E-state index in [1.165, 1.54) is 4.48 Å². The van der Waals surface area contributed by atoms with Crippen LogP contribution in [0.5, 0.6) is 0 Å². The third-order valence-corrected chi connectivity index (χ3v) is 4.95. The molecule has 8 heteroatoms. The molecular formula is C4H9BCl5NSi. The zero-order valence-corrected chi connectivity index (χ0v) is 11.7. The lowest BCUT2D eigenvalue weighted by Gasteiger charge is -2.38. The van der Waals surface area contributed by atoms with E-state index in [1.807, 2.05) is 13.1 Å². The molecule has 0 amide bonds. The van der Waals surface area contributed by atoms with Crippen LogP contribution in [-0.4, -0.2) is 22.2 Å². The number of halogens is 5. The second kappa shape index (κ2) is 4.47. The fourth-order valence-corrected chi connectivity index (χ4v) is 7.10. The molecule has 0 aliphatic carbocycles. The van der Waals surface area contributed by atoms with E-state index in [0.717, 1.165) is 0 Å². The molecule has 0 fully saturated rings. The van der Waals surface area contributed by atoms with Crippen molar-refractivity contribution in [3.63, 3.8) is 0 Å². The van der Waals surface area contributed by atoms with Crippen LogP contribution in [0.15, 0.2) is 0 Å². The highest BCUT2D eigenvalue weighted by Crippen LogP contribution is 2.37. The summed E-state index contributed by atoms with van der Waals surface area (Å²) >= 11 is 29.0. The minimum atomic E-state index is -2.21. The summed E-state index contributed by atoms with van der Waals surface area (Å²) in [6.07, 6.45) is -0.392. The maximum absolute atomic E-state index is 6.11. The highest BCUT2D eigenvalue weighted by molar-refractivity contribution is 7.24. The van der Waals surface area contributed by atoms with E-state index < -0.39 is 17.7 Å². The van der Waals surface area contributed by atoms with Gasteiger partial charge in [0.05, 0.1) is 0 Å². The Bertz CT molecular complexity index is 139. The molecule has 12 heavy (non-hydrogen) atoms. The summed E-state index contributed by atoms with van der Waals surface area (Å²) in [5, 5.41) is 0. The molecule has 0 aromatic rings. The zero-order valence-electron chi connectivity index (χ0n) is 6.91. The van der Waals surface area contributed by atoms with Crippen molar-refractivity contribution in [3.05, 3.63) is 0 Å². The first-order chi connectivity index (χ1) is 5.07. The Kier molecular flexibility index (Phi) is 5.11. The Morgan fingerprint density at radius 2 is 1.58 bits per heavy atom. The Morgan fingerprint density at radius 3 is 1.58 bits per heavy atom. The van der Waals surface area contributed by atoms with Gasteiger partial charge in [0.15, 0.2) is 0 Å². The first-order valence-electron chi connectivity index (χ1n) is 3.26. The van der Waals surface area contributed by atoms with E-state index in [2.05, 4.69) is 0 Å². The maximum Gasteiger partial charge on any atom is 0.325 e. The van der Waals surface area contributed by atoms with Crippen LogP contribution in [0.4, 0.5) is 0 Å². The van der Waals surface area contributed by atoms with Gasteiger partial charge in [-0.1, -0.05) is 41.6 Å². The summed E-state index contributed by atoms with van der Waals surface area (Å²) in [7, 11) is -2.21. The second-order valence-corrected chi connectivity index (χ2v) is 11.8. The third kappa shape index (κ3) is 4.27. The lowest BCUT2D eigenvalue weighted by Crippen LogP contribution is -2.55. The Balaban J connectivity index is 4.70. The van der Waals surface area contributed by atoms with Gasteiger partial charge in [0, 0.05) is 0 Å². The number of rotatable bonds is 2. The summed E-state index contributed by atoms with van der Waals surface area (Å²) in [5.41, 5.74) is 0. The standard InChI is InChI=1S/C4H9BCl5NSi/c1-5(9)11(4(6,7)8)12(2,3)10/h1-3H3. The van der Waals surface area contributed by atoms with Gasteiger partial charge in [-0.2, -0.15) is 11.5 Å². The molecule has 1 nitrogen and oxygen atoms in total. The largest absolute Gasteiger partial charge is 0.325 e. The van der Waals surface area contributed by atoms with Crippen molar-refractivity contribution >= 4 is 71.2 Å². The highest BCUT2D eigenvalue weighted by Gasteiger charge is 2.44. The average molecular weight is 287 g/mol. The van der Waals surface area contributed by atoms with Crippen LogP contribution in [0.1, 0.15) is 0 Å². The molecule has 0 saturated carbocycles. The molecule has 0 radical (unpaired) electrons. The molecule has 0 N–H and O–H groups in total. The lowest BCUT2D eigenvalue weighted by molar-refractivity contribution is 0.677. The molecule has 0 aliphatic heterocycles. The number of alkyl halides is 3. The Morgan fingerprint density at radius 1 is 1.25 bits per heavy atom. The third-order valence-electron chi connectivity index (χ3n) is 1.20. The summed E-state index contributed by atoms with van der Waals surface area (Å²) in [6.45, 7) is 5.41. The van der Waals surface area contributed by atoms with Crippen LogP contribution < -0.4 is 0 Å². The van der Waals surface area contributed by atoms with Gasteiger partial charge in [0.2, 0.25) is 11.5 Å². The van der Waals surface area contributed by atoms with Crippen LogP contribution in [0.3, 0.4) is 0 Å². The number of hydrogen-bond acceptors (Lipinski definition) is 1. The van der Waals surface area contributed by atoms with Crippen LogP contribution in [-0.2, 0) is 0 Å². The van der Waals surface area contributed by atoms with Gasteiger partial charge in [-0.05, 0) is 13.1 Å². The fraction of sp³-hybridized carbons (Fsp3) is 1.00. The van der Waals surface area contributed by atoms with Crippen molar-refractivity contribution < 1.29 is 0 Å². The van der Waals surface area contributed by atoms with Gasteiger partial charge in [0.1, 0.15) is 0 Å². The van der Waals surface area contributed by atoms with Crippen molar-refractivity contribution in [1.82, 2.24) is 4.48 Å². The number of hydrogen-bond donors (Lipinski definition) is 0. The van der Waals surface area contributed by atoms with Gasteiger partial charge in [-0.15, -0.1) is 11.1 Å². The SMILES string of the molecule is CB(Cl)N(C(Cl)(Cl)Cl)[Si](C)(C)Cl. The summed E-state index contributed by atoms with van der Waals surface area (Å²) in [4.78, 5) is 0. The van der Waals surface area contributed by atoms with Crippen molar-refractivity contribution in [2.45, 2.75) is 23.8 Å². The van der Waals surface area contributed by atoms with Crippen LogP contribution in [0, 0.1) is 0 Å². The van der Waals surface area contributed by atoms with Crippen molar-refractivity contribution in [1.29, 1.82) is 0 Å². The predicted molar refractivity (Wildman–Crippen MR) is 62.9 cm³/mol. The summed E-state index contributed by atoms with van der Waals surface area (Å²) in [5.74, 6) is 0. The zero-order chi connectivity index (χ0) is 10.2. The van der Waals surface area contributed by atoms with Crippen LogP contribution in [0.2, 0.25) is 19.9 Å². The molecule has 0 spiro atoms. The monoisotopic (exact) mass is 285 g/mol. The lowest BCUT2D eigenvalue weighted by atomic mass is 9.99. The quantitative estimate of drug-likeness (QED) is 0.322. The molecule has 0 aromatic heterocycles. The van der Waals surface area contributed by atoms with Crippen molar-refractivity contribution in [3.8, 4) is 0 Å². The molecule has 0 atom stereocenters. The van der Waals surface area contributed by atoms with E-state index in [0.29, 0.717) is 0 Å². The Labute approximate surface area is 99.0 Å². The highest BCUT2D eigenvalue weighted by atomic mass is 35.6. The summed E-state index contributed by atoms with van der Waals surface area (Å²) in [6, 6.07) is 0. The molecule has 0 rings (SSSR count). The number of nitrogens with zero attached hydrogens (tertiary/aromatic N) is 1. The molecule has 0 aliphatic rings. The molecule has 0 bridgehead atoms. The van der Waals surface area contributed by atoms with Crippen molar-refractivity contribution in [2.75, 3.05) is 0 Å². The minimum absolute atomic E-state index is 0.392. The van der Waals surface area contributed by atoms with Gasteiger partial charge in [0.25, 0.3) is 0 Å². The molecule has 0 heterocycles.